The first-order valence-corrected chi connectivity index (χ1v) is 9.68. The summed E-state index contributed by atoms with van der Waals surface area (Å²) in [6.45, 7) is 5.98. The first-order valence-electron chi connectivity index (χ1n) is 9.68. The molecule has 0 aromatic heterocycles. The second-order valence-corrected chi connectivity index (χ2v) is 6.96. The minimum absolute atomic E-state index is 0.116. The van der Waals surface area contributed by atoms with Crippen LogP contribution in [0.1, 0.15) is 30.9 Å². The number of nitrogens with zero attached hydrogens (tertiary/aromatic N) is 1. The molecule has 146 valence electrons. The van der Waals surface area contributed by atoms with Crippen molar-refractivity contribution in [3.8, 4) is 11.5 Å². The molecule has 1 saturated heterocycles. The Kier molecular flexibility index (Phi) is 7.07. The van der Waals surface area contributed by atoms with E-state index in [1.807, 2.05) is 31.2 Å². The Bertz CT molecular complexity index is 738. The Morgan fingerprint density at radius 2 is 2.04 bits per heavy atom. The number of hydrogen-bond donors (Lipinski definition) is 1. The molecule has 1 atom stereocenters. The predicted molar refractivity (Wildman–Crippen MR) is 106 cm³/mol. The smallest absolute Gasteiger partial charge is 0.161 e. The number of benzene rings is 2. The van der Waals surface area contributed by atoms with E-state index in [-0.39, 0.29) is 5.82 Å². The zero-order valence-electron chi connectivity index (χ0n) is 16.2. The van der Waals surface area contributed by atoms with Gasteiger partial charge in [-0.3, -0.25) is 4.90 Å². The van der Waals surface area contributed by atoms with Crippen molar-refractivity contribution in [3.63, 3.8) is 0 Å². The number of nitrogens with one attached hydrogen (secondary N) is 1. The molecule has 27 heavy (non-hydrogen) atoms. The van der Waals surface area contributed by atoms with E-state index in [4.69, 9.17) is 9.47 Å². The predicted octanol–water partition coefficient (Wildman–Crippen LogP) is 3.99. The Morgan fingerprint density at radius 1 is 1.19 bits per heavy atom. The largest absolute Gasteiger partial charge is 0.493 e. The molecule has 0 saturated carbocycles. The zero-order valence-corrected chi connectivity index (χ0v) is 16.2. The highest BCUT2D eigenvalue weighted by Gasteiger charge is 2.20. The molecule has 0 bridgehead atoms. The summed E-state index contributed by atoms with van der Waals surface area (Å²) in [4.78, 5) is 2.33. The van der Waals surface area contributed by atoms with Crippen molar-refractivity contribution in [2.75, 3.05) is 26.8 Å². The molecular weight excluding hydrogens is 343 g/mol. The van der Waals surface area contributed by atoms with Gasteiger partial charge in [0.15, 0.2) is 11.5 Å². The van der Waals surface area contributed by atoms with Gasteiger partial charge in [-0.15, -0.1) is 0 Å². The molecule has 1 N–H and O–H groups in total. The van der Waals surface area contributed by atoms with Crippen molar-refractivity contribution in [3.05, 3.63) is 59.4 Å². The highest BCUT2D eigenvalue weighted by Crippen LogP contribution is 2.28. The number of methoxy groups -OCH3 is 1. The SMILES string of the molecule is CCOc1cc(CNC2CCCN(Cc3ccccc3F)C2)ccc1OC. The van der Waals surface area contributed by atoms with Gasteiger partial charge in [0.05, 0.1) is 13.7 Å². The van der Waals surface area contributed by atoms with Crippen LogP contribution in [0.15, 0.2) is 42.5 Å². The molecule has 4 nitrogen and oxygen atoms in total. The first kappa shape index (κ1) is 19.6. The third-order valence-electron chi connectivity index (χ3n) is 4.98. The Labute approximate surface area is 161 Å². The molecule has 3 rings (SSSR count). The summed E-state index contributed by atoms with van der Waals surface area (Å²) in [5, 5.41) is 3.64. The summed E-state index contributed by atoms with van der Waals surface area (Å²) in [6.07, 6.45) is 2.27. The van der Waals surface area contributed by atoms with Crippen LogP contribution in [0.5, 0.6) is 11.5 Å². The van der Waals surface area contributed by atoms with Crippen molar-refractivity contribution >= 4 is 0 Å². The lowest BCUT2D eigenvalue weighted by Gasteiger charge is -2.33. The summed E-state index contributed by atoms with van der Waals surface area (Å²) >= 11 is 0. The van der Waals surface area contributed by atoms with E-state index in [1.54, 1.807) is 13.2 Å². The second kappa shape index (κ2) is 9.72. The van der Waals surface area contributed by atoms with E-state index < -0.39 is 0 Å². The number of piperidine rings is 1. The van der Waals surface area contributed by atoms with Gasteiger partial charge in [-0.05, 0) is 50.1 Å². The van der Waals surface area contributed by atoms with Crippen LogP contribution >= 0.6 is 0 Å². The lowest BCUT2D eigenvalue weighted by Crippen LogP contribution is -2.45. The van der Waals surface area contributed by atoms with Gasteiger partial charge in [-0.1, -0.05) is 24.3 Å². The molecule has 1 unspecified atom stereocenters. The summed E-state index contributed by atoms with van der Waals surface area (Å²) in [5.41, 5.74) is 1.94. The Balaban J connectivity index is 1.55. The first-order chi connectivity index (χ1) is 13.2. The summed E-state index contributed by atoms with van der Waals surface area (Å²) in [6, 6.07) is 13.5. The molecule has 1 aliphatic rings. The van der Waals surface area contributed by atoms with Crippen LogP contribution in [0.25, 0.3) is 0 Å². The van der Waals surface area contributed by atoms with Gasteiger partial charge in [-0.25, -0.2) is 4.39 Å². The van der Waals surface area contributed by atoms with Gasteiger partial charge in [-0.2, -0.15) is 0 Å². The number of hydrogen-bond acceptors (Lipinski definition) is 4. The van der Waals surface area contributed by atoms with Crippen LogP contribution in [-0.2, 0) is 13.1 Å². The van der Waals surface area contributed by atoms with Crippen LogP contribution in [0.2, 0.25) is 0 Å². The highest BCUT2D eigenvalue weighted by molar-refractivity contribution is 5.43. The fourth-order valence-corrected chi connectivity index (χ4v) is 3.59. The van der Waals surface area contributed by atoms with Crippen molar-refractivity contribution in [1.82, 2.24) is 10.2 Å². The molecule has 2 aromatic carbocycles. The van der Waals surface area contributed by atoms with E-state index >= 15 is 0 Å². The number of halogens is 1. The van der Waals surface area contributed by atoms with Crippen molar-refractivity contribution in [1.29, 1.82) is 0 Å². The summed E-state index contributed by atoms with van der Waals surface area (Å²) in [5.74, 6) is 1.42. The maximum absolute atomic E-state index is 13.9. The fraction of sp³-hybridized carbons (Fsp3) is 0.455. The molecule has 2 aromatic rings. The molecule has 0 amide bonds. The van der Waals surface area contributed by atoms with E-state index in [9.17, 15) is 4.39 Å². The minimum Gasteiger partial charge on any atom is -0.493 e. The third-order valence-corrected chi connectivity index (χ3v) is 4.98. The van der Waals surface area contributed by atoms with Gasteiger partial charge in [0.1, 0.15) is 5.82 Å². The number of ether oxygens (including phenoxy) is 2. The number of rotatable bonds is 8. The second-order valence-electron chi connectivity index (χ2n) is 6.96. The maximum atomic E-state index is 13.9. The Hall–Kier alpha value is -2.11. The van der Waals surface area contributed by atoms with Crippen LogP contribution in [0.3, 0.4) is 0 Å². The average Bonchev–Trinajstić information content (AvgIpc) is 2.69. The third kappa shape index (κ3) is 5.44. The van der Waals surface area contributed by atoms with Crippen LogP contribution in [-0.4, -0.2) is 37.7 Å². The van der Waals surface area contributed by atoms with Gasteiger partial charge >= 0.3 is 0 Å². The quantitative estimate of drug-likeness (QED) is 0.760. The van der Waals surface area contributed by atoms with Crippen molar-refractivity contribution in [2.45, 2.75) is 38.9 Å². The van der Waals surface area contributed by atoms with E-state index in [2.05, 4.69) is 16.3 Å². The van der Waals surface area contributed by atoms with Crippen LogP contribution in [0.4, 0.5) is 4.39 Å². The lowest BCUT2D eigenvalue weighted by atomic mass is 10.0. The fourth-order valence-electron chi connectivity index (χ4n) is 3.59. The van der Waals surface area contributed by atoms with Crippen molar-refractivity contribution in [2.24, 2.45) is 0 Å². The molecule has 1 fully saturated rings. The monoisotopic (exact) mass is 372 g/mol. The zero-order chi connectivity index (χ0) is 19.1. The van der Waals surface area contributed by atoms with Gasteiger partial charge < -0.3 is 14.8 Å². The Morgan fingerprint density at radius 3 is 2.81 bits per heavy atom. The summed E-state index contributed by atoms with van der Waals surface area (Å²) < 4.78 is 24.9. The molecule has 5 heteroatoms. The minimum atomic E-state index is -0.116. The van der Waals surface area contributed by atoms with E-state index in [1.165, 1.54) is 11.6 Å². The molecule has 0 aliphatic carbocycles. The summed E-state index contributed by atoms with van der Waals surface area (Å²) in [7, 11) is 1.65. The van der Waals surface area contributed by atoms with Crippen molar-refractivity contribution < 1.29 is 13.9 Å². The average molecular weight is 372 g/mol. The molecule has 1 heterocycles. The molecule has 0 spiro atoms. The standard InChI is InChI=1S/C22H29FN2O2/c1-3-27-22-13-17(10-11-21(22)26-2)14-24-19-8-6-12-25(16-19)15-18-7-4-5-9-20(18)23/h4-5,7,9-11,13,19,24H,3,6,8,12,14-16H2,1-2H3. The van der Waals surface area contributed by atoms with Crippen LogP contribution in [0, 0.1) is 5.82 Å². The normalized spacial score (nSPS) is 17.7. The topological polar surface area (TPSA) is 33.7 Å². The van der Waals surface area contributed by atoms with Gasteiger partial charge in [0, 0.05) is 31.2 Å². The lowest BCUT2D eigenvalue weighted by molar-refractivity contribution is 0.181. The van der Waals surface area contributed by atoms with Gasteiger partial charge in [0.25, 0.3) is 0 Å². The van der Waals surface area contributed by atoms with Gasteiger partial charge in [0.2, 0.25) is 0 Å². The molecular formula is C22H29FN2O2. The van der Waals surface area contributed by atoms with E-state index in [0.717, 1.165) is 49.5 Å². The molecule has 0 radical (unpaired) electrons. The maximum Gasteiger partial charge on any atom is 0.161 e. The molecule has 1 aliphatic heterocycles. The number of likely N-dealkylation sites (tertiary alicyclic amines) is 1. The highest BCUT2D eigenvalue weighted by atomic mass is 19.1. The van der Waals surface area contributed by atoms with E-state index in [0.29, 0.717) is 19.2 Å². The van der Waals surface area contributed by atoms with Crippen LogP contribution < -0.4 is 14.8 Å².